The summed E-state index contributed by atoms with van der Waals surface area (Å²) >= 11 is 0. The van der Waals surface area contributed by atoms with Crippen LogP contribution in [0.2, 0.25) is 0 Å². The highest BCUT2D eigenvalue weighted by molar-refractivity contribution is 5.98. The number of carbonyl (C=O) groups excluding carboxylic acids is 4. The summed E-state index contributed by atoms with van der Waals surface area (Å²) in [7, 11) is 0. The largest absolute Gasteiger partial charge is 0.300 e. The van der Waals surface area contributed by atoms with Gasteiger partial charge in [0, 0.05) is 41.9 Å². The van der Waals surface area contributed by atoms with Gasteiger partial charge in [-0.25, -0.2) is 0 Å². The third kappa shape index (κ3) is 2.00. The first-order valence-electron chi connectivity index (χ1n) is 9.82. The first-order chi connectivity index (χ1) is 11.7. The Labute approximate surface area is 149 Å². The van der Waals surface area contributed by atoms with E-state index in [9.17, 15) is 19.2 Å². The second kappa shape index (κ2) is 5.34. The van der Waals surface area contributed by atoms with Crippen LogP contribution in [0.3, 0.4) is 0 Å². The fourth-order valence-corrected chi connectivity index (χ4v) is 7.15. The molecule has 4 fully saturated rings. The van der Waals surface area contributed by atoms with Crippen LogP contribution in [0.15, 0.2) is 0 Å². The highest BCUT2D eigenvalue weighted by atomic mass is 16.1. The standard InChI is InChI=1S/C21H28O4/c1-11(22)13-7-8-14-19-15(10-18(25)21(13,14)3)20(2)12(9-16(19)23)5-4-6-17(20)24/h12-15,19H,4-10H2,1-3H3. The molecular formula is C21H28O4. The maximum absolute atomic E-state index is 13.2. The molecule has 0 amide bonds. The van der Waals surface area contributed by atoms with Gasteiger partial charge in [-0.1, -0.05) is 13.8 Å². The number of hydrogen-bond acceptors (Lipinski definition) is 4. The summed E-state index contributed by atoms with van der Waals surface area (Å²) in [5.74, 6) is 0.100. The summed E-state index contributed by atoms with van der Waals surface area (Å²) in [6.45, 7) is 5.51. The van der Waals surface area contributed by atoms with E-state index in [4.69, 9.17) is 0 Å². The molecular weight excluding hydrogens is 316 g/mol. The molecule has 0 aromatic heterocycles. The molecule has 4 nitrogen and oxygen atoms in total. The lowest BCUT2D eigenvalue weighted by atomic mass is 9.44. The van der Waals surface area contributed by atoms with Crippen molar-refractivity contribution in [1.82, 2.24) is 0 Å². The highest BCUT2D eigenvalue weighted by Gasteiger charge is 2.67. The van der Waals surface area contributed by atoms with E-state index < -0.39 is 10.8 Å². The van der Waals surface area contributed by atoms with Crippen molar-refractivity contribution >= 4 is 23.1 Å². The molecule has 0 aromatic carbocycles. The molecule has 0 aromatic rings. The van der Waals surface area contributed by atoms with Crippen LogP contribution in [0.4, 0.5) is 0 Å². The van der Waals surface area contributed by atoms with Crippen LogP contribution in [0, 0.1) is 40.4 Å². The molecule has 136 valence electrons. The predicted octanol–water partition coefficient (Wildman–Crippen LogP) is 3.16. The van der Waals surface area contributed by atoms with Gasteiger partial charge in [-0.2, -0.15) is 0 Å². The minimum absolute atomic E-state index is 0.0624. The Kier molecular flexibility index (Phi) is 3.66. The fourth-order valence-electron chi connectivity index (χ4n) is 7.15. The van der Waals surface area contributed by atoms with Crippen molar-refractivity contribution in [2.24, 2.45) is 40.4 Å². The van der Waals surface area contributed by atoms with E-state index in [-0.39, 0.29) is 52.7 Å². The average Bonchev–Trinajstić information content (AvgIpc) is 2.90. The maximum atomic E-state index is 13.2. The monoisotopic (exact) mass is 344 g/mol. The van der Waals surface area contributed by atoms with Gasteiger partial charge in [0.1, 0.15) is 23.1 Å². The van der Waals surface area contributed by atoms with Gasteiger partial charge in [0.2, 0.25) is 0 Å². The average molecular weight is 344 g/mol. The summed E-state index contributed by atoms with van der Waals surface area (Å²) in [4.78, 5) is 51.3. The third-order valence-corrected chi connectivity index (χ3v) is 8.62. The summed E-state index contributed by atoms with van der Waals surface area (Å²) in [5.41, 5.74) is -1.23. The number of Topliss-reactive ketones (excluding diaryl/α,β-unsaturated/α-hetero) is 4. The van der Waals surface area contributed by atoms with Gasteiger partial charge in [-0.3, -0.25) is 19.2 Å². The van der Waals surface area contributed by atoms with E-state index >= 15 is 0 Å². The Morgan fingerprint density at radius 3 is 2.32 bits per heavy atom. The van der Waals surface area contributed by atoms with Crippen LogP contribution in [-0.2, 0) is 19.2 Å². The van der Waals surface area contributed by atoms with Gasteiger partial charge in [0.15, 0.2) is 0 Å². The van der Waals surface area contributed by atoms with Gasteiger partial charge >= 0.3 is 0 Å². The molecule has 4 saturated carbocycles. The van der Waals surface area contributed by atoms with Gasteiger partial charge in [-0.15, -0.1) is 0 Å². The number of rotatable bonds is 1. The number of carbonyl (C=O) groups is 4. The van der Waals surface area contributed by atoms with Crippen molar-refractivity contribution in [3.63, 3.8) is 0 Å². The van der Waals surface area contributed by atoms with Crippen LogP contribution < -0.4 is 0 Å². The van der Waals surface area contributed by atoms with Crippen molar-refractivity contribution < 1.29 is 19.2 Å². The predicted molar refractivity (Wildman–Crippen MR) is 91.7 cm³/mol. The molecule has 0 aliphatic heterocycles. The van der Waals surface area contributed by atoms with E-state index in [1.165, 1.54) is 0 Å². The molecule has 4 aliphatic rings. The van der Waals surface area contributed by atoms with Gasteiger partial charge in [-0.05, 0) is 50.4 Å². The van der Waals surface area contributed by atoms with Crippen LogP contribution in [0.25, 0.3) is 0 Å². The van der Waals surface area contributed by atoms with Crippen LogP contribution in [-0.4, -0.2) is 23.1 Å². The van der Waals surface area contributed by atoms with Gasteiger partial charge in [0.05, 0.1) is 0 Å². The highest BCUT2D eigenvalue weighted by Crippen LogP contribution is 2.64. The van der Waals surface area contributed by atoms with E-state index in [0.29, 0.717) is 25.7 Å². The quantitative estimate of drug-likeness (QED) is 0.733. The molecule has 0 saturated heterocycles. The van der Waals surface area contributed by atoms with E-state index in [1.54, 1.807) is 6.92 Å². The first-order valence-corrected chi connectivity index (χ1v) is 9.82. The SMILES string of the molecule is CC(=O)C1CCC2C3C(=O)CC4CCCC(=O)C4(C)C3CC(=O)C12C. The Hall–Kier alpha value is -1.32. The normalized spacial score (nSPS) is 49.4. The van der Waals surface area contributed by atoms with Crippen LogP contribution in [0.5, 0.6) is 0 Å². The fraction of sp³-hybridized carbons (Fsp3) is 0.810. The molecule has 0 radical (unpaired) electrons. The second-order valence-corrected chi connectivity index (χ2v) is 9.35. The molecule has 0 bridgehead atoms. The summed E-state index contributed by atoms with van der Waals surface area (Å²) in [6, 6.07) is 0. The lowest BCUT2D eigenvalue weighted by Crippen LogP contribution is -2.61. The van der Waals surface area contributed by atoms with Crippen molar-refractivity contribution in [2.45, 2.75) is 65.7 Å². The molecule has 7 atom stereocenters. The lowest BCUT2D eigenvalue weighted by molar-refractivity contribution is -0.170. The van der Waals surface area contributed by atoms with E-state index in [0.717, 1.165) is 19.3 Å². The lowest BCUT2D eigenvalue weighted by Gasteiger charge is -2.57. The Morgan fingerprint density at radius 1 is 0.920 bits per heavy atom. The number of hydrogen-bond donors (Lipinski definition) is 0. The smallest absolute Gasteiger partial charge is 0.140 e. The van der Waals surface area contributed by atoms with Crippen molar-refractivity contribution in [1.29, 1.82) is 0 Å². The molecule has 0 N–H and O–H groups in total. The Balaban J connectivity index is 1.79. The molecule has 7 unspecified atom stereocenters. The van der Waals surface area contributed by atoms with Crippen molar-refractivity contribution in [3.05, 3.63) is 0 Å². The van der Waals surface area contributed by atoms with Gasteiger partial charge < -0.3 is 0 Å². The van der Waals surface area contributed by atoms with Crippen LogP contribution >= 0.6 is 0 Å². The Morgan fingerprint density at radius 2 is 1.64 bits per heavy atom. The third-order valence-electron chi connectivity index (χ3n) is 8.62. The molecule has 4 heteroatoms. The topological polar surface area (TPSA) is 68.3 Å². The zero-order valence-corrected chi connectivity index (χ0v) is 15.5. The molecule has 0 heterocycles. The Bertz CT molecular complexity index is 679. The molecule has 25 heavy (non-hydrogen) atoms. The second-order valence-electron chi connectivity index (χ2n) is 9.35. The van der Waals surface area contributed by atoms with Crippen molar-refractivity contribution in [3.8, 4) is 0 Å². The van der Waals surface area contributed by atoms with E-state index in [2.05, 4.69) is 0 Å². The van der Waals surface area contributed by atoms with Gasteiger partial charge in [0.25, 0.3) is 0 Å². The number of ketones is 4. The van der Waals surface area contributed by atoms with E-state index in [1.807, 2.05) is 13.8 Å². The van der Waals surface area contributed by atoms with Crippen molar-refractivity contribution in [2.75, 3.05) is 0 Å². The molecule has 4 rings (SSSR count). The minimum atomic E-state index is -0.705. The summed E-state index contributed by atoms with van der Waals surface area (Å²) < 4.78 is 0. The zero-order valence-electron chi connectivity index (χ0n) is 15.5. The number of fused-ring (bicyclic) bond motifs is 5. The summed E-state index contributed by atoms with van der Waals surface area (Å²) in [5, 5.41) is 0. The molecule has 0 spiro atoms. The maximum Gasteiger partial charge on any atom is 0.140 e. The first kappa shape index (κ1) is 17.1. The molecule has 4 aliphatic carbocycles. The summed E-state index contributed by atoms with van der Waals surface area (Å²) in [6.07, 6.45) is 4.60. The zero-order chi connectivity index (χ0) is 18.1. The van der Waals surface area contributed by atoms with Crippen LogP contribution in [0.1, 0.15) is 65.7 Å². The minimum Gasteiger partial charge on any atom is -0.300 e.